The fourth-order valence-electron chi connectivity index (χ4n) is 3.68. The Balaban J connectivity index is 1.76. The smallest absolute Gasteiger partial charge is 0.330 e. The summed E-state index contributed by atoms with van der Waals surface area (Å²) in [6.45, 7) is 3.36. The summed E-state index contributed by atoms with van der Waals surface area (Å²) < 4.78 is 39.0. The van der Waals surface area contributed by atoms with Crippen LogP contribution in [0.15, 0.2) is 60.7 Å². The van der Waals surface area contributed by atoms with Crippen molar-refractivity contribution in [3.05, 3.63) is 99.4 Å². The van der Waals surface area contributed by atoms with Crippen LogP contribution in [0.25, 0.3) is 16.2 Å². The number of rotatable bonds is 6. The maximum atomic E-state index is 13.9. The lowest BCUT2D eigenvalue weighted by Gasteiger charge is -2.11. The van der Waals surface area contributed by atoms with E-state index in [4.69, 9.17) is 4.74 Å². The Kier molecular flexibility index (Phi) is 6.56. The molecule has 0 saturated carbocycles. The topological polar surface area (TPSA) is 52.6 Å². The number of aryl methyl sites for hydroxylation is 2. The number of benzene rings is 3. The van der Waals surface area contributed by atoms with E-state index in [0.717, 1.165) is 16.9 Å². The van der Waals surface area contributed by atoms with E-state index < -0.39 is 17.6 Å². The molecular formula is C27H20F2O4S. The van der Waals surface area contributed by atoms with Crippen LogP contribution in [0, 0.1) is 25.5 Å². The van der Waals surface area contributed by atoms with Gasteiger partial charge < -0.3 is 9.47 Å². The lowest BCUT2D eigenvalue weighted by Crippen LogP contribution is -2.06. The second-order valence-corrected chi connectivity index (χ2v) is 8.72. The monoisotopic (exact) mass is 478 g/mol. The number of ether oxygens (including phenoxy) is 2. The van der Waals surface area contributed by atoms with Gasteiger partial charge in [0.25, 0.3) is 0 Å². The van der Waals surface area contributed by atoms with Gasteiger partial charge in [-0.15, -0.1) is 11.3 Å². The van der Waals surface area contributed by atoms with Gasteiger partial charge in [0, 0.05) is 21.7 Å². The first kappa shape index (κ1) is 23.3. The highest BCUT2D eigenvalue weighted by Crippen LogP contribution is 2.42. The number of carbonyl (C=O) groups excluding carboxylic acids is 2. The van der Waals surface area contributed by atoms with Gasteiger partial charge in [-0.25, -0.2) is 13.6 Å². The first-order valence-corrected chi connectivity index (χ1v) is 11.2. The maximum Gasteiger partial charge on any atom is 0.330 e. The minimum atomic E-state index is -0.466. The van der Waals surface area contributed by atoms with Crippen molar-refractivity contribution < 1.29 is 27.8 Å². The minimum Gasteiger partial charge on any atom is -0.466 e. The molecule has 1 aromatic heterocycles. The molecule has 0 N–H and O–H groups in total. The second-order valence-electron chi connectivity index (χ2n) is 7.67. The van der Waals surface area contributed by atoms with Crippen molar-refractivity contribution in [1.29, 1.82) is 0 Å². The Bertz CT molecular complexity index is 1410. The average Bonchev–Trinajstić information content (AvgIpc) is 3.14. The van der Waals surface area contributed by atoms with Crippen LogP contribution in [0.2, 0.25) is 0 Å². The molecule has 0 fully saturated rings. The molecule has 7 heteroatoms. The fraction of sp³-hybridized carbons (Fsp3) is 0.111. The molecule has 172 valence electrons. The summed E-state index contributed by atoms with van der Waals surface area (Å²) >= 11 is 1.13. The van der Waals surface area contributed by atoms with Crippen LogP contribution < -0.4 is 4.74 Å². The van der Waals surface area contributed by atoms with Crippen LogP contribution in [0.1, 0.15) is 31.9 Å². The summed E-state index contributed by atoms with van der Waals surface area (Å²) in [4.78, 5) is 25.1. The van der Waals surface area contributed by atoms with Crippen molar-refractivity contribution in [3.8, 4) is 11.5 Å². The zero-order valence-electron chi connectivity index (χ0n) is 18.6. The van der Waals surface area contributed by atoms with E-state index in [1.54, 1.807) is 50.3 Å². The SMILES string of the molecule is COC(=O)/C=C/c1ccc(Oc2c(C(=O)c3c(C)cc(F)cc3C)sc3cc(F)ccc23)cc1. The fourth-order valence-corrected chi connectivity index (χ4v) is 4.78. The lowest BCUT2D eigenvalue weighted by atomic mass is 9.97. The van der Waals surface area contributed by atoms with E-state index in [2.05, 4.69) is 4.74 Å². The van der Waals surface area contributed by atoms with Gasteiger partial charge in [0.2, 0.25) is 5.78 Å². The van der Waals surface area contributed by atoms with Crippen LogP contribution in [-0.2, 0) is 9.53 Å². The zero-order valence-corrected chi connectivity index (χ0v) is 19.5. The van der Waals surface area contributed by atoms with Gasteiger partial charge in [-0.3, -0.25) is 4.79 Å². The third-order valence-corrected chi connectivity index (χ3v) is 6.38. The number of halogens is 2. The molecule has 4 nitrogen and oxygen atoms in total. The number of thiophene rings is 1. The van der Waals surface area contributed by atoms with E-state index in [-0.39, 0.29) is 5.78 Å². The van der Waals surface area contributed by atoms with Crippen LogP contribution in [-0.4, -0.2) is 18.9 Å². The summed E-state index contributed by atoms with van der Waals surface area (Å²) in [5.41, 5.74) is 2.17. The molecule has 0 unspecified atom stereocenters. The molecular weight excluding hydrogens is 458 g/mol. The van der Waals surface area contributed by atoms with Gasteiger partial charge >= 0.3 is 5.97 Å². The first-order valence-electron chi connectivity index (χ1n) is 10.3. The molecule has 0 aliphatic heterocycles. The highest BCUT2D eigenvalue weighted by Gasteiger charge is 2.25. The summed E-state index contributed by atoms with van der Waals surface area (Å²) in [5.74, 6) is -0.846. The summed E-state index contributed by atoms with van der Waals surface area (Å²) in [6, 6.07) is 13.8. The molecule has 3 aromatic carbocycles. The van der Waals surface area contributed by atoms with E-state index in [9.17, 15) is 18.4 Å². The molecule has 0 bridgehead atoms. The van der Waals surface area contributed by atoms with Crippen molar-refractivity contribution >= 4 is 39.3 Å². The van der Waals surface area contributed by atoms with Crippen molar-refractivity contribution in [1.82, 2.24) is 0 Å². The normalized spacial score (nSPS) is 11.2. The third-order valence-electron chi connectivity index (χ3n) is 5.25. The van der Waals surface area contributed by atoms with Gasteiger partial charge in [0.05, 0.1) is 7.11 Å². The van der Waals surface area contributed by atoms with Crippen molar-refractivity contribution in [3.63, 3.8) is 0 Å². The predicted octanol–water partition coefficient (Wildman–Crippen LogP) is 7.01. The molecule has 0 saturated heterocycles. The Morgan fingerprint density at radius 3 is 2.24 bits per heavy atom. The number of fused-ring (bicyclic) bond motifs is 1. The lowest BCUT2D eigenvalue weighted by molar-refractivity contribution is -0.134. The number of hydrogen-bond donors (Lipinski definition) is 0. The molecule has 34 heavy (non-hydrogen) atoms. The molecule has 4 rings (SSSR count). The number of hydrogen-bond acceptors (Lipinski definition) is 5. The molecule has 1 heterocycles. The largest absolute Gasteiger partial charge is 0.466 e. The van der Waals surface area contributed by atoms with E-state index >= 15 is 0 Å². The van der Waals surface area contributed by atoms with Gasteiger partial charge in [0.15, 0.2) is 5.75 Å². The molecule has 0 spiro atoms. The Morgan fingerprint density at radius 1 is 0.912 bits per heavy atom. The minimum absolute atomic E-state index is 0.299. The van der Waals surface area contributed by atoms with Crippen LogP contribution >= 0.6 is 11.3 Å². The summed E-state index contributed by atoms with van der Waals surface area (Å²) in [6.07, 6.45) is 2.91. The Hall–Kier alpha value is -3.84. The molecule has 0 atom stereocenters. The third kappa shape index (κ3) is 4.75. The van der Waals surface area contributed by atoms with Gasteiger partial charge in [-0.2, -0.15) is 0 Å². The Morgan fingerprint density at radius 2 is 1.59 bits per heavy atom. The van der Waals surface area contributed by atoms with E-state index in [1.165, 1.54) is 37.5 Å². The van der Waals surface area contributed by atoms with Crippen LogP contribution in [0.4, 0.5) is 8.78 Å². The number of ketones is 1. The molecule has 4 aromatic rings. The standard InChI is InChI=1S/C27H20F2O4S/c1-15-12-19(29)13-16(2)24(15)25(31)27-26(21-10-7-18(28)14-22(21)34-27)33-20-8-4-17(5-9-20)6-11-23(30)32-3/h4-14H,1-3H3/b11-6+. The van der Waals surface area contributed by atoms with Crippen molar-refractivity contribution in [2.24, 2.45) is 0 Å². The van der Waals surface area contributed by atoms with Gasteiger partial charge in [0.1, 0.15) is 22.3 Å². The first-order chi connectivity index (χ1) is 16.3. The van der Waals surface area contributed by atoms with E-state index in [1.807, 2.05) is 0 Å². The van der Waals surface area contributed by atoms with Crippen molar-refractivity contribution in [2.45, 2.75) is 13.8 Å². The van der Waals surface area contributed by atoms with Crippen molar-refractivity contribution in [2.75, 3.05) is 7.11 Å². The number of carbonyl (C=O) groups is 2. The summed E-state index contributed by atoms with van der Waals surface area (Å²) in [7, 11) is 1.30. The average molecular weight is 479 g/mol. The van der Waals surface area contributed by atoms with E-state index in [0.29, 0.717) is 43.2 Å². The Labute approximate surface area is 199 Å². The molecule has 0 radical (unpaired) electrons. The molecule has 0 aliphatic carbocycles. The zero-order chi connectivity index (χ0) is 24.4. The second kappa shape index (κ2) is 9.57. The maximum absolute atomic E-state index is 13.9. The highest BCUT2D eigenvalue weighted by atomic mass is 32.1. The van der Waals surface area contributed by atoms with Gasteiger partial charge in [-0.05, 0) is 79.1 Å². The predicted molar refractivity (Wildman–Crippen MR) is 129 cm³/mol. The quantitative estimate of drug-likeness (QED) is 0.170. The van der Waals surface area contributed by atoms with Crippen LogP contribution in [0.3, 0.4) is 0 Å². The number of esters is 1. The van der Waals surface area contributed by atoms with Gasteiger partial charge in [-0.1, -0.05) is 12.1 Å². The number of methoxy groups -OCH3 is 1. The van der Waals surface area contributed by atoms with Crippen LogP contribution in [0.5, 0.6) is 11.5 Å². The highest BCUT2D eigenvalue weighted by molar-refractivity contribution is 7.21. The molecule has 0 aliphatic rings. The summed E-state index contributed by atoms with van der Waals surface area (Å²) in [5, 5.41) is 0.599. The molecule has 0 amide bonds.